The Labute approximate surface area is 177 Å². The highest BCUT2D eigenvalue weighted by atomic mass is 16.5. The van der Waals surface area contributed by atoms with E-state index in [9.17, 15) is 0 Å². The maximum atomic E-state index is 6.44. The molecule has 0 aromatic heterocycles. The summed E-state index contributed by atoms with van der Waals surface area (Å²) < 4.78 is 12.9. The highest BCUT2D eigenvalue weighted by Gasteiger charge is 2.52. The second-order valence-corrected chi connectivity index (χ2v) is 7.59. The number of rotatable bonds is 4. The van der Waals surface area contributed by atoms with Crippen LogP contribution in [0.5, 0.6) is 0 Å². The first kappa shape index (κ1) is 18.8. The quantitative estimate of drug-likeness (QED) is 0.432. The van der Waals surface area contributed by atoms with Crippen LogP contribution in [0.2, 0.25) is 0 Å². The molecule has 0 saturated carbocycles. The lowest BCUT2D eigenvalue weighted by Crippen LogP contribution is -2.46. The van der Waals surface area contributed by atoms with Crippen molar-refractivity contribution >= 4 is 0 Å². The van der Waals surface area contributed by atoms with Gasteiger partial charge in [0.2, 0.25) is 0 Å². The Balaban J connectivity index is 1.95. The molecule has 2 heteroatoms. The minimum absolute atomic E-state index is 0.717. The van der Waals surface area contributed by atoms with Gasteiger partial charge in [0.15, 0.2) is 0 Å². The Morgan fingerprint density at radius 1 is 0.400 bits per heavy atom. The van der Waals surface area contributed by atoms with Crippen molar-refractivity contribution in [3.8, 4) is 0 Å². The summed E-state index contributed by atoms with van der Waals surface area (Å²) in [6.07, 6.45) is 0. The standard InChI is InChI=1S/C28H24O2/c1-29-27(21-13-5-3-6-14-21)23-17-9-11-19-25(23)28(30-2,22-15-7-4-8-16-22)26-20-12-10-18-24(26)27/h3-20H,1-2H3. The number of hydrogen-bond donors (Lipinski definition) is 0. The van der Waals surface area contributed by atoms with Gasteiger partial charge in [0.1, 0.15) is 11.2 Å². The molecule has 1 aliphatic rings. The predicted molar refractivity (Wildman–Crippen MR) is 120 cm³/mol. The number of fused-ring (bicyclic) bond motifs is 2. The van der Waals surface area contributed by atoms with Gasteiger partial charge in [0.25, 0.3) is 0 Å². The van der Waals surface area contributed by atoms with E-state index in [0.29, 0.717) is 0 Å². The van der Waals surface area contributed by atoms with Crippen LogP contribution in [-0.2, 0) is 20.7 Å². The van der Waals surface area contributed by atoms with E-state index >= 15 is 0 Å². The Kier molecular flexibility index (Phi) is 4.54. The zero-order valence-electron chi connectivity index (χ0n) is 17.2. The summed E-state index contributed by atoms with van der Waals surface area (Å²) in [5.41, 5.74) is 5.17. The van der Waals surface area contributed by atoms with Crippen LogP contribution in [0.15, 0.2) is 109 Å². The van der Waals surface area contributed by atoms with Gasteiger partial charge in [0.05, 0.1) is 0 Å². The monoisotopic (exact) mass is 392 g/mol. The number of hydrogen-bond acceptors (Lipinski definition) is 2. The molecule has 5 rings (SSSR count). The average Bonchev–Trinajstić information content (AvgIpc) is 2.84. The molecular formula is C28H24O2. The first-order valence-electron chi connectivity index (χ1n) is 10.2. The van der Waals surface area contributed by atoms with E-state index in [1.807, 2.05) is 12.1 Å². The number of ether oxygens (including phenoxy) is 2. The predicted octanol–water partition coefficient (Wildman–Crippen LogP) is 5.88. The maximum Gasteiger partial charge on any atom is 0.144 e. The SMILES string of the molecule is COC1(c2ccccc2)c2ccccc2C(OC)(c2ccccc2)c2ccccc21. The first-order chi connectivity index (χ1) is 14.8. The molecule has 30 heavy (non-hydrogen) atoms. The summed E-state index contributed by atoms with van der Waals surface area (Å²) in [7, 11) is 3.59. The molecule has 0 heterocycles. The summed E-state index contributed by atoms with van der Waals surface area (Å²) in [6, 6.07) is 37.9. The van der Waals surface area contributed by atoms with Crippen molar-refractivity contribution in [1.29, 1.82) is 0 Å². The third-order valence-corrected chi connectivity index (χ3v) is 6.34. The fraction of sp³-hybridized carbons (Fsp3) is 0.143. The molecule has 0 amide bonds. The molecule has 148 valence electrons. The molecule has 4 aromatic rings. The van der Waals surface area contributed by atoms with Crippen LogP contribution in [0.25, 0.3) is 0 Å². The van der Waals surface area contributed by atoms with E-state index in [1.54, 1.807) is 14.2 Å². The van der Waals surface area contributed by atoms with Gasteiger partial charge in [0, 0.05) is 14.2 Å². The molecule has 0 saturated heterocycles. The second-order valence-electron chi connectivity index (χ2n) is 7.59. The molecule has 0 radical (unpaired) electrons. The van der Waals surface area contributed by atoms with Crippen LogP contribution >= 0.6 is 0 Å². The van der Waals surface area contributed by atoms with Gasteiger partial charge in [-0.2, -0.15) is 0 Å². The molecule has 0 N–H and O–H groups in total. The van der Waals surface area contributed by atoms with Gasteiger partial charge in [-0.15, -0.1) is 0 Å². The largest absolute Gasteiger partial charge is 0.364 e. The molecule has 0 atom stereocenters. The first-order valence-corrected chi connectivity index (χ1v) is 10.2. The molecule has 0 aliphatic heterocycles. The summed E-state index contributed by atoms with van der Waals surface area (Å²) in [5, 5.41) is 0. The lowest BCUT2D eigenvalue weighted by molar-refractivity contribution is 0.0167. The summed E-state index contributed by atoms with van der Waals surface area (Å²) in [6.45, 7) is 0. The van der Waals surface area contributed by atoms with Gasteiger partial charge in [-0.3, -0.25) is 0 Å². The lowest BCUT2D eigenvalue weighted by Gasteiger charge is -2.48. The summed E-state index contributed by atoms with van der Waals surface area (Å²) in [5.74, 6) is 0. The summed E-state index contributed by atoms with van der Waals surface area (Å²) >= 11 is 0. The van der Waals surface area contributed by atoms with E-state index < -0.39 is 11.2 Å². The Morgan fingerprint density at radius 2 is 0.667 bits per heavy atom. The molecule has 0 spiro atoms. The van der Waals surface area contributed by atoms with Crippen molar-refractivity contribution in [2.75, 3.05) is 14.2 Å². The van der Waals surface area contributed by atoms with Gasteiger partial charge in [-0.05, 0) is 33.4 Å². The minimum Gasteiger partial charge on any atom is -0.364 e. The maximum absolute atomic E-state index is 6.44. The van der Waals surface area contributed by atoms with Gasteiger partial charge in [-0.25, -0.2) is 0 Å². The number of methoxy groups -OCH3 is 2. The molecule has 1 aliphatic carbocycles. The number of benzene rings is 4. The smallest absolute Gasteiger partial charge is 0.144 e. The van der Waals surface area contributed by atoms with E-state index in [4.69, 9.17) is 9.47 Å². The van der Waals surface area contributed by atoms with Gasteiger partial charge >= 0.3 is 0 Å². The van der Waals surface area contributed by atoms with Crippen molar-refractivity contribution in [3.05, 3.63) is 143 Å². The van der Waals surface area contributed by atoms with E-state index in [-0.39, 0.29) is 0 Å². The fourth-order valence-electron chi connectivity index (χ4n) is 5.13. The molecule has 0 fully saturated rings. The molecule has 0 unspecified atom stereocenters. The second kappa shape index (κ2) is 7.24. The van der Waals surface area contributed by atoms with E-state index in [2.05, 4.69) is 97.1 Å². The Bertz CT molecular complexity index is 1020. The molecule has 0 bridgehead atoms. The molecular weight excluding hydrogens is 368 g/mol. The third kappa shape index (κ3) is 2.38. The molecule has 4 aromatic carbocycles. The topological polar surface area (TPSA) is 18.5 Å². The van der Waals surface area contributed by atoms with Crippen LogP contribution in [0.1, 0.15) is 33.4 Å². The zero-order chi connectivity index (χ0) is 20.6. The highest BCUT2D eigenvalue weighted by molar-refractivity contribution is 5.65. The fourth-order valence-corrected chi connectivity index (χ4v) is 5.13. The van der Waals surface area contributed by atoms with Crippen molar-refractivity contribution in [2.45, 2.75) is 11.2 Å². The zero-order valence-corrected chi connectivity index (χ0v) is 17.2. The van der Waals surface area contributed by atoms with Crippen molar-refractivity contribution in [2.24, 2.45) is 0 Å². The van der Waals surface area contributed by atoms with Crippen LogP contribution in [0.4, 0.5) is 0 Å². The highest BCUT2D eigenvalue weighted by Crippen LogP contribution is 2.55. The third-order valence-electron chi connectivity index (χ3n) is 6.34. The van der Waals surface area contributed by atoms with E-state index in [0.717, 1.165) is 33.4 Å². The van der Waals surface area contributed by atoms with Crippen LogP contribution in [0, 0.1) is 0 Å². The summed E-state index contributed by atoms with van der Waals surface area (Å²) in [4.78, 5) is 0. The van der Waals surface area contributed by atoms with Gasteiger partial charge < -0.3 is 9.47 Å². The van der Waals surface area contributed by atoms with Crippen molar-refractivity contribution < 1.29 is 9.47 Å². The van der Waals surface area contributed by atoms with Crippen molar-refractivity contribution in [3.63, 3.8) is 0 Å². The van der Waals surface area contributed by atoms with Crippen LogP contribution in [0.3, 0.4) is 0 Å². The molecule has 2 nitrogen and oxygen atoms in total. The Hall–Kier alpha value is -3.20. The minimum atomic E-state index is -0.717. The van der Waals surface area contributed by atoms with Crippen LogP contribution < -0.4 is 0 Å². The van der Waals surface area contributed by atoms with Crippen LogP contribution in [-0.4, -0.2) is 14.2 Å². The van der Waals surface area contributed by atoms with E-state index in [1.165, 1.54) is 0 Å². The lowest BCUT2D eigenvalue weighted by atomic mass is 9.63. The van der Waals surface area contributed by atoms with Gasteiger partial charge in [-0.1, -0.05) is 109 Å². The average molecular weight is 392 g/mol. The Morgan fingerprint density at radius 3 is 0.933 bits per heavy atom. The normalized spacial score (nSPS) is 22.2. The van der Waals surface area contributed by atoms with Crippen molar-refractivity contribution in [1.82, 2.24) is 0 Å².